The lowest BCUT2D eigenvalue weighted by molar-refractivity contribution is 0.0626. The van der Waals surface area contributed by atoms with Gasteiger partial charge in [-0.25, -0.2) is 4.98 Å². The van der Waals surface area contributed by atoms with E-state index < -0.39 is 0 Å². The van der Waals surface area contributed by atoms with Crippen LogP contribution in [-0.2, 0) is 6.54 Å². The van der Waals surface area contributed by atoms with Gasteiger partial charge in [0.05, 0.1) is 19.9 Å². The average Bonchev–Trinajstić information content (AvgIpc) is 3.33. The average molecular weight is 506 g/mol. The summed E-state index contributed by atoms with van der Waals surface area (Å²) in [4.78, 5) is 35.1. The predicted molar refractivity (Wildman–Crippen MR) is 138 cm³/mol. The standard InChI is InChI=1S/C26H27N5O4S/c1-17-5-4-6-18(13-17)24-28-31-23(32)15-20(27-26(31)36-24)16-29-9-11-30(12-10-29)25(33)19-7-8-21(34-2)22(14-19)35-3/h4-8,13-15H,9-12,16H2,1-3H3. The highest BCUT2D eigenvalue weighted by Crippen LogP contribution is 2.28. The van der Waals surface area contributed by atoms with Gasteiger partial charge in [-0.05, 0) is 31.2 Å². The van der Waals surface area contributed by atoms with Crippen LogP contribution in [0.3, 0.4) is 0 Å². The zero-order chi connectivity index (χ0) is 25.2. The van der Waals surface area contributed by atoms with Crippen molar-refractivity contribution in [1.82, 2.24) is 24.4 Å². The van der Waals surface area contributed by atoms with Gasteiger partial charge in [0.15, 0.2) is 11.5 Å². The second-order valence-electron chi connectivity index (χ2n) is 8.69. The van der Waals surface area contributed by atoms with Crippen LogP contribution in [0.5, 0.6) is 11.5 Å². The van der Waals surface area contributed by atoms with Gasteiger partial charge in [-0.15, -0.1) is 0 Å². The molecule has 1 aliphatic heterocycles. The molecule has 0 aliphatic carbocycles. The number of carbonyl (C=O) groups is 1. The first-order valence-electron chi connectivity index (χ1n) is 11.7. The Morgan fingerprint density at radius 1 is 1.00 bits per heavy atom. The Hall–Kier alpha value is -3.76. The van der Waals surface area contributed by atoms with E-state index in [0.29, 0.717) is 60.4 Å². The smallest absolute Gasteiger partial charge is 0.275 e. The molecule has 0 saturated carbocycles. The lowest BCUT2D eigenvalue weighted by Gasteiger charge is -2.34. The number of piperazine rings is 1. The zero-order valence-electron chi connectivity index (χ0n) is 20.4. The van der Waals surface area contributed by atoms with Crippen LogP contribution in [0.2, 0.25) is 0 Å². The number of amides is 1. The number of aryl methyl sites for hydroxylation is 1. The predicted octanol–water partition coefficient (Wildman–Crippen LogP) is 3.10. The molecule has 4 aromatic rings. The fraction of sp³-hybridized carbons (Fsp3) is 0.308. The Kier molecular flexibility index (Phi) is 6.71. The van der Waals surface area contributed by atoms with Crippen molar-refractivity contribution < 1.29 is 14.3 Å². The second kappa shape index (κ2) is 10.1. The monoisotopic (exact) mass is 505 g/mol. The van der Waals surface area contributed by atoms with Gasteiger partial charge in [-0.1, -0.05) is 35.1 Å². The van der Waals surface area contributed by atoms with E-state index in [2.05, 4.69) is 10.00 Å². The highest BCUT2D eigenvalue weighted by Gasteiger charge is 2.24. The number of aromatic nitrogens is 3. The lowest BCUT2D eigenvalue weighted by atomic mass is 10.1. The number of ether oxygens (including phenoxy) is 2. The zero-order valence-corrected chi connectivity index (χ0v) is 21.2. The second-order valence-corrected chi connectivity index (χ2v) is 9.65. The summed E-state index contributed by atoms with van der Waals surface area (Å²) in [5.74, 6) is 1.08. The first-order valence-corrected chi connectivity index (χ1v) is 12.5. The maximum absolute atomic E-state index is 13.0. The molecule has 5 rings (SSSR count). The number of hydrogen-bond acceptors (Lipinski definition) is 8. The number of benzene rings is 2. The number of methoxy groups -OCH3 is 2. The molecule has 1 amide bonds. The van der Waals surface area contributed by atoms with Gasteiger partial charge in [0, 0.05) is 49.9 Å². The van der Waals surface area contributed by atoms with Gasteiger partial charge >= 0.3 is 0 Å². The van der Waals surface area contributed by atoms with Gasteiger partial charge in [-0.2, -0.15) is 9.61 Å². The molecule has 0 radical (unpaired) electrons. The minimum Gasteiger partial charge on any atom is -0.493 e. The summed E-state index contributed by atoms with van der Waals surface area (Å²) in [7, 11) is 3.12. The van der Waals surface area contributed by atoms with Crippen LogP contribution in [0.4, 0.5) is 0 Å². The van der Waals surface area contributed by atoms with Gasteiger partial charge < -0.3 is 14.4 Å². The minimum atomic E-state index is -0.188. The molecule has 9 nitrogen and oxygen atoms in total. The van der Waals surface area contributed by atoms with E-state index in [4.69, 9.17) is 14.5 Å². The van der Waals surface area contributed by atoms with E-state index in [9.17, 15) is 9.59 Å². The van der Waals surface area contributed by atoms with Gasteiger partial charge in [-0.3, -0.25) is 14.5 Å². The molecule has 0 unspecified atom stereocenters. The van der Waals surface area contributed by atoms with Crippen LogP contribution < -0.4 is 15.0 Å². The number of rotatable bonds is 6. The van der Waals surface area contributed by atoms with E-state index in [0.717, 1.165) is 16.1 Å². The molecular weight excluding hydrogens is 478 g/mol. The quantitative estimate of drug-likeness (QED) is 0.398. The lowest BCUT2D eigenvalue weighted by Crippen LogP contribution is -2.48. The molecule has 1 aliphatic rings. The maximum atomic E-state index is 13.0. The normalized spacial score (nSPS) is 14.2. The highest BCUT2D eigenvalue weighted by molar-refractivity contribution is 7.19. The van der Waals surface area contributed by atoms with E-state index in [1.165, 1.54) is 15.9 Å². The van der Waals surface area contributed by atoms with Crippen molar-refractivity contribution in [2.24, 2.45) is 0 Å². The number of carbonyl (C=O) groups excluding carboxylic acids is 1. The third kappa shape index (κ3) is 4.82. The van der Waals surface area contributed by atoms with Crippen molar-refractivity contribution in [3.05, 3.63) is 75.7 Å². The Morgan fingerprint density at radius 3 is 2.50 bits per heavy atom. The first kappa shape index (κ1) is 24.0. The highest BCUT2D eigenvalue weighted by atomic mass is 32.1. The molecule has 2 aromatic heterocycles. The SMILES string of the molecule is COc1ccc(C(=O)N2CCN(Cc3cc(=O)n4nc(-c5cccc(C)c5)sc4n3)CC2)cc1OC. The molecule has 186 valence electrons. The molecular formula is C26H27N5O4S. The summed E-state index contributed by atoms with van der Waals surface area (Å²) in [6.07, 6.45) is 0. The van der Waals surface area contributed by atoms with Crippen LogP contribution in [0.15, 0.2) is 53.3 Å². The summed E-state index contributed by atoms with van der Waals surface area (Å²) in [5, 5.41) is 5.24. The van der Waals surface area contributed by atoms with Crippen LogP contribution in [0, 0.1) is 6.92 Å². The summed E-state index contributed by atoms with van der Waals surface area (Å²) in [5.41, 5.74) is 3.20. The molecule has 1 fully saturated rings. The third-order valence-corrected chi connectivity index (χ3v) is 7.20. The van der Waals surface area contributed by atoms with Gasteiger partial charge in [0.1, 0.15) is 5.01 Å². The Labute approximate surface area is 212 Å². The Bertz CT molecular complexity index is 1470. The topological polar surface area (TPSA) is 89.3 Å². The molecule has 10 heteroatoms. The number of nitrogens with zero attached hydrogens (tertiary/aromatic N) is 5. The fourth-order valence-corrected chi connectivity index (χ4v) is 5.24. The summed E-state index contributed by atoms with van der Waals surface area (Å²) in [6, 6.07) is 14.8. The molecule has 2 aromatic carbocycles. The number of hydrogen-bond donors (Lipinski definition) is 0. The first-order chi connectivity index (χ1) is 17.4. The molecule has 3 heterocycles. The van der Waals surface area contributed by atoms with Crippen LogP contribution >= 0.6 is 11.3 Å². The van der Waals surface area contributed by atoms with Gasteiger partial charge in [0.25, 0.3) is 11.5 Å². The number of fused-ring (bicyclic) bond motifs is 1. The molecule has 0 atom stereocenters. The minimum absolute atomic E-state index is 0.0401. The van der Waals surface area contributed by atoms with E-state index in [-0.39, 0.29) is 11.5 Å². The van der Waals surface area contributed by atoms with Crippen LogP contribution in [-0.4, -0.2) is 70.7 Å². The fourth-order valence-electron chi connectivity index (χ4n) is 4.32. The third-order valence-electron chi connectivity index (χ3n) is 6.24. The van der Waals surface area contributed by atoms with Crippen molar-refractivity contribution in [1.29, 1.82) is 0 Å². The van der Waals surface area contributed by atoms with Crippen molar-refractivity contribution in [3.63, 3.8) is 0 Å². The molecule has 0 spiro atoms. The van der Waals surface area contributed by atoms with E-state index >= 15 is 0 Å². The van der Waals surface area contributed by atoms with E-state index in [1.807, 2.05) is 36.1 Å². The van der Waals surface area contributed by atoms with Gasteiger partial charge in [0.2, 0.25) is 4.96 Å². The van der Waals surface area contributed by atoms with E-state index in [1.54, 1.807) is 38.5 Å². The Morgan fingerprint density at radius 2 is 1.78 bits per heavy atom. The molecule has 36 heavy (non-hydrogen) atoms. The molecule has 0 bridgehead atoms. The van der Waals surface area contributed by atoms with Crippen LogP contribution in [0.25, 0.3) is 15.5 Å². The maximum Gasteiger partial charge on any atom is 0.275 e. The molecule has 1 saturated heterocycles. The van der Waals surface area contributed by atoms with Crippen molar-refractivity contribution in [2.45, 2.75) is 13.5 Å². The molecule has 0 N–H and O–H groups in total. The van der Waals surface area contributed by atoms with Crippen molar-refractivity contribution in [3.8, 4) is 22.1 Å². The van der Waals surface area contributed by atoms with Crippen molar-refractivity contribution >= 4 is 22.2 Å². The van der Waals surface area contributed by atoms with Crippen LogP contribution in [0.1, 0.15) is 21.6 Å². The summed E-state index contributed by atoms with van der Waals surface area (Å²) >= 11 is 1.41. The Balaban J connectivity index is 1.26. The summed E-state index contributed by atoms with van der Waals surface area (Å²) in [6.45, 7) is 5.13. The summed E-state index contributed by atoms with van der Waals surface area (Å²) < 4.78 is 12.0. The largest absolute Gasteiger partial charge is 0.493 e. The van der Waals surface area contributed by atoms with Crippen molar-refractivity contribution in [2.75, 3.05) is 40.4 Å².